The molecule has 0 atom stereocenters. The van der Waals surface area contributed by atoms with E-state index in [1.54, 1.807) is 0 Å². The summed E-state index contributed by atoms with van der Waals surface area (Å²) in [4.78, 5) is 4.48. The van der Waals surface area contributed by atoms with E-state index < -0.39 is 0 Å². The molecule has 0 aliphatic heterocycles. The van der Waals surface area contributed by atoms with Crippen molar-refractivity contribution in [3.63, 3.8) is 0 Å². The van der Waals surface area contributed by atoms with Crippen LogP contribution in [0.5, 0.6) is 0 Å². The fourth-order valence-corrected chi connectivity index (χ4v) is 3.09. The molecule has 3 heteroatoms. The fraction of sp³-hybridized carbons (Fsp3) is 0.438. The van der Waals surface area contributed by atoms with Crippen LogP contribution in [0.25, 0.3) is 10.9 Å². The van der Waals surface area contributed by atoms with Crippen molar-refractivity contribution in [1.29, 1.82) is 0 Å². The first-order chi connectivity index (χ1) is 9.24. The van der Waals surface area contributed by atoms with Crippen LogP contribution < -0.4 is 5.32 Å². The average Bonchev–Trinajstić information content (AvgIpc) is 2.45. The van der Waals surface area contributed by atoms with Crippen LogP contribution in [0.2, 0.25) is 5.02 Å². The number of halogens is 1. The Hall–Kier alpha value is -1.28. The highest BCUT2D eigenvalue weighted by Gasteiger charge is 2.18. The molecule has 1 N–H and O–H groups in total. The molecule has 2 nitrogen and oxygen atoms in total. The first-order valence-electron chi connectivity index (χ1n) is 7.04. The molecule has 0 spiro atoms. The van der Waals surface area contributed by atoms with Crippen LogP contribution in [0, 0.1) is 5.92 Å². The van der Waals surface area contributed by atoms with E-state index in [-0.39, 0.29) is 0 Å². The summed E-state index contributed by atoms with van der Waals surface area (Å²) in [6.07, 6.45) is 6.95. The molecule has 19 heavy (non-hydrogen) atoms. The lowest BCUT2D eigenvalue weighted by atomic mass is 9.87. The van der Waals surface area contributed by atoms with Crippen molar-refractivity contribution >= 4 is 28.2 Å². The molecule has 0 radical (unpaired) electrons. The topological polar surface area (TPSA) is 24.9 Å². The van der Waals surface area contributed by atoms with Crippen LogP contribution in [0.4, 0.5) is 5.69 Å². The highest BCUT2D eigenvalue weighted by molar-refractivity contribution is 6.35. The highest BCUT2D eigenvalue weighted by Crippen LogP contribution is 2.31. The second-order valence-electron chi connectivity index (χ2n) is 5.60. The van der Waals surface area contributed by atoms with E-state index in [0.29, 0.717) is 6.04 Å². The van der Waals surface area contributed by atoms with Gasteiger partial charge in [-0.2, -0.15) is 0 Å². The average molecular weight is 275 g/mol. The third-order valence-electron chi connectivity index (χ3n) is 4.09. The van der Waals surface area contributed by atoms with Crippen LogP contribution in [-0.4, -0.2) is 11.0 Å². The van der Waals surface area contributed by atoms with Gasteiger partial charge in [-0.05, 0) is 55.9 Å². The van der Waals surface area contributed by atoms with E-state index >= 15 is 0 Å². The molecule has 100 valence electrons. The minimum Gasteiger partial charge on any atom is -0.381 e. The maximum Gasteiger partial charge on any atom is 0.0948 e. The van der Waals surface area contributed by atoms with Gasteiger partial charge in [-0.25, -0.2) is 0 Å². The second-order valence-corrected chi connectivity index (χ2v) is 6.00. The Labute approximate surface area is 119 Å². The van der Waals surface area contributed by atoms with Crippen LogP contribution in [0.1, 0.15) is 32.6 Å². The number of benzene rings is 1. The number of aromatic nitrogens is 1. The third-order valence-corrected chi connectivity index (χ3v) is 4.42. The number of nitrogens with zero attached hydrogens (tertiary/aromatic N) is 1. The maximum atomic E-state index is 6.22. The van der Waals surface area contributed by atoms with Crippen molar-refractivity contribution in [2.45, 2.75) is 38.6 Å². The normalized spacial score (nSPS) is 23.5. The van der Waals surface area contributed by atoms with Gasteiger partial charge in [0.1, 0.15) is 0 Å². The smallest absolute Gasteiger partial charge is 0.0948 e. The van der Waals surface area contributed by atoms with Gasteiger partial charge < -0.3 is 5.32 Å². The molecule has 3 rings (SSSR count). The SMILES string of the molecule is CC1CCC(Nc2ccc(Cl)c3cccnc23)CC1. The van der Waals surface area contributed by atoms with Crippen LogP contribution in [0.15, 0.2) is 30.5 Å². The lowest BCUT2D eigenvalue weighted by Gasteiger charge is -2.28. The van der Waals surface area contributed by atoms with E-state index in [1.165, 1.54) is 25.7 Å². The Bertz CT molecular complexity index is 574. The summed E-state index contributed by atoms with van der Waals surface area (Å²) in [6.45, 7) is 2.34. The minimum atomic E-state index is 0.572. The van der Waals surface area contributed by atoms with Crippen molar-refractivity contribution in [3.05, 3.63) is 35.5 Å². The van der Waals surface area contributed by atoms with Gasteiger partial charge in [0.2, 0.25) is 0 Å². The van der Waals surface area contributed by atoms with Gasteiger partial charge in [-0.15, -0.1) is 0 Å². The van der Waals surface area contributed by atoms with Crippen LogP contribution >= 0.6 is 11.6 Å². The van der Waals surface area contributed by atoms with Crippen molar-refractivity contribution < 1.29 is 0 Å². The molecule has 1 fully saturated rings. The van der Waals surface area contributed by atoms with E-state index in [2.05, 4.69) is 23.3 Å². The summed E-state index contributed by atoms with van der Waals surface area (Å²) in [5.74, 6) is 0.873. The monoisotopic (exact) mass is 274 g/mol. The quantitative estimate of drug-likeness (QED) is 0.844. The Kier molecular flexibility index (Phi) is 3.61. The zero-order valence-corrected chi connectivity index (χ0v) is 12.0. The number of rotatable bonds is 2. The number of fused-ring (bicyclic) bond motifs is 1. The van der Waals surface area contributed by atoms with Crippen LogP contribution in [-0.2, 0) is 0 Å². The number of pyridine rings is 1. The Morgan fingerprint density at radius 3 is 2.74 bits per heavy atom. The Balaban J connectivity index is 1.87. The summed E-state index contributed by atoms with van der Waals surface area (Å²) >= 11 is 6.22. The molecule has 0 amide bonds. The molecule has 2 aromatic rings. The molecule has 1 aliphatic carbocycles. The zero-order chi connectivity index (χ0) is 13.2. The third kappa shape index (κ3) is 2.69. The summed E-state index contributed by atoms with van der Waals surface area (Å²) in [5.41, 5.74) is 2.09. The van der Waals surface area contributed by atoms with Crippen molar-refractivity contribution in [2.75, 3.05) is 5.32 Å². The minimum absolute atomic E-state index is 0.572. The fourth-order valence-electron chi connectivity index (χ4n) is 2.88. The second kappa shape index (κ2) is 5.38. The van der Waals surface area contributed by atoms with Gasteiger partial charge in [0.25, 0.3) is 0 Å². The molecule has 0 unspecified atom stereocenters. The van der Waals surface area contributed by atoms with Crippen molar-refractivity contribution in [3.8, 4) is 0 Å². The van der Waals surface area contributed by atoms with Crippen molar-refractivity contribution in [1.82, 2.24) is 4.98 Å². The number of hydrogen-bond acceptors (Lipinski definition) is 2. The van der Waals surface area contributed by atoms with Gasteiger partial charge >= 0.3 is 0 Å². The standard InChI is InChI=1S/C16H19ClN2/c1-11-4-6-12(7-5-11)19-15-9-8-14(17)13-3-2-10-18-16(13)15/h2-3,8-12,19H,4-7H2,1H3. The van der Waals surface area contributed by atoms with E-state index in [1.807, 2.05) is 24.4 Å². The lowest BCUT2D eigenvalue weighted by Crippen LogP contribution is -2.25. The molecule has 0 saturated heterocycles. The van der Waals surface area contributed by atoms with Crippen LogP contribution in [0.3, 0.4) is 0 Å². The molecule has 1 aromatic heterocycles. The van der Waals surface area contributed by atoms with Gasteiger partial charge in [-0.1, -0.05) is 18.5 Å². The predicted octanol–water partition coefficient (Wildman–Crippen LogP) is 4.88. The highest BCUT2D eigenvalue weighted by atomic mass is 35.5. The largest absolute Gasteiger partial charge is 0.381 e. The lowest BCUT2D eigenvalue weighted by molar-refractivity contribution is 0.361. The molecule has 0 bridgehead atoms. The van der Waals surface area contributed by atoms with E-state index in [0.717, 1.165) is 27.5 Å². The van der Waals surface area contributed by atoms with E-state index in [9.17, 15) is 0 Å². The first-order valence-corrected chi connectivity index (χ1v) is 7.41. The number of hydrogen-bond donors (Lipinski definition) is 1. The maximum absolute atomic E-state index is 6.22. The van der Waals surface area contributed by atoms with Gasteiger partial charge in [-0.3, -0.25) is 4.98 Å². The molecule has 1 aliphatic rings. The molecular weight excluding hydrogens is 256 g/mol. The van der Waals surface area contributed by atoms with Gasteiger partial charge in [0.15, 0.2) is 0 Å². The van der Waals surface area contributed by atoms with Gasteiger partial charge in [0, 0.05) is 17.6 Å². The number of anilines is 1. The van der Waals surface area contributed by atoms with E-state index in [4.69, 9.17) is 11.6 Å². The molecule has 1 aromatic carbocycles. The van der Waals surface area contributed by atoms with Crippen molar-refractivity contribution in [2.24, 2.45) is 5.92 Å². The first kappa shape index (κ1) is 12.7. The molecule has 1 heterocycles. The summed E-state index contributed by atoms with van der Waals surface area (Å²) in [6, 6.07) is 8.54. The van der Waals surface area contributed by atoms with Gasteiger partial charge in [0.05, 0.1) is 16.2 Å². The summed E-state index contributed by atoms with van der Waals surface area (Å²) in [7, 11) is 0. The number of nitrogens with one attached hydrogen (secondary N) is 1. The summed E-state index contributed by atoms with van der Waals surface area (Å²) < 4.78 is 0. The molecular formula is C16H19ClN2. The molecule has 1 saturated carbocycles. The Morgan fingerprint density at radius 2 is 1.95 bits per heavy atom. The zero-order valence-electron chi connectivity index (χ0n) is 11.2. The summed E-state index contributed by atoms with van der Waals surface area (Å²) in [5, 5.41) is 5.45. The Morgan fingerprint density at radius 1 is 1.16 bits per heavy atom. The predicted molar refractivity (Wildman–Crippen MR) is 81.8 cm³/mol.